The van der Waals surface area contributed by atoms with Crippen molar-refractivity contribution in [1.82, 2.24) is 10.6 Å². The highest BCUT2D eigenvalue weighted by Crippen LogP contribution is 2.24. The van der Waals surface area contributed by atoms with Crippen LogP contribution in [-0.2, 0) is 4.79 Å². The van der Waals surface area contributed by atoms with E-state index in [1.807, 2.05) is 26.0 Å². The molecule has 1 atom stereocenters. The van der Waals surface area contributed by atoms with E-state index in [9.17, 15) is 4.79 Å². The molecule has 0 radical (unpaired) electrons. The number of hydrogen-bond donors (Lipinski definition) is 3. The number of aliphatic hydroxyl groups excluding tert-OH is 1. The van der Waals surface area contributed by atoms with Crippen LogP contribution in [0.15, 0.2) is 54.6 Å². The van der Waals surface area contributed by atoms with Gasteiger partial charge in [-0.2, -0.15) is 0 Å². The summed E-state index contributed by atoms with van der Waals surface area (Å²) in [5.74, 6) is -0.0834. The van der Waals surface area contributed by atoms with Gasteiger partial charge in [-0.05, 0) is 37.1 Å². The first-order valence-electron chi connectivity index (χ1n) is 8.73. The van der Waals surface area contributed by atoms with Crippen LogP contribution in [0, 0.1) is 5.41 Å². The Morgan fingerprint density at radius 2 is 1.92 bits per heavy atom. The molecule has 0 bridgehead atoms. The quantitative estimate of drug-likeness (QED) is 0.647. The second kappa shape index (κ2) is 8.79. The van der Waals surface area contributed by atoms with Gasteiger partial charge in [0, 0.05) is 19.1 Å². The van der Waals surface area contributed by atoms with Gasteiger partial charge in [0.25, 0.3) is 0 Å². The number of carbonyl (C=O) groups is 1. The van der Waals surface area contributed by atoms with Gasteiger partial charge in [-0.15, -0.1) is 0 Å². The van der Waals surface area contributed by atoms with Gasteiger partial charge in [-0.3, -0.25) is 4.79 Å². The number of amides is 1. The number of benzene rings is 2. The highest BCUT2D eigenvalue weighted by Gasteiger charge is 2.23. The molecule has 2 aromatic rings. The first-order chi connectivity index (χ1) is 12.0. The van der Waals surface area contributed by atoms with E-state index < -0.39 is 5.41 Å². The summed E-state index contributed by atoms with van der Waals surface area (Å²) < 4.78 is 0. The summed E-state index contributed by atoms with van der Waals surface area (Å²) in [5, 5.41) is 17.5. The summed E-state index contributed by atoms with van der Waals surface area (Å²) in [6.07, 6.45) is 3.89. The Balaban J connectivity index is 1.95. The molecule has 4 heteroatoms. The lowest BCUT2D eigenvalue weighted by Crippen LogP contribution is -2.37. The molecule has 1 amide bonds. The summed E-state index contributed by atoms with van der Waals surface area (Å²) >= 11 is 0. The summed E-state index contributed by atoms with van der Waals surface area (Å²) in [7, 11) is 0. The molecule has 2 aromatic carbocycles. The monoisotopic (exact) mass is 340 g/mol. The normalized spacial score (nSPS) is 13.3. The van der Waals surface area contributed by atoms with Crippen LogP contribution in [0.1, 0.15) is 32.4 Å². The maximum absolute atomic E-state index is 12.0. The van der Waals surface area contributed by atoms with Crippen LogP contribution in [-0.4, -0.2) is 30.7 Å². The molecule has 0 unspecified atom stereocenters. The lowest BCUT2D eigenvalue weighted by Gasteiger charge is -2.20. The van der Waals surface area contributed by atoms with Crippen molar-refractivity contribution in [1.29, 1.82) is 0 Å². The number of hydrogen-bond acceptors (Lipinski definition) is 3. The SMILES string of the molecule is C[C@@H](NC/C=C/C(C)(C)C(=O)NCCO)c1cccc2ccccc12. The van der Waals surface area contributed by atoms with E-state index in [0.717, 1.165) is 0 Å². The maximum Gasteiger partial charge on any atom is 0.229 e. The van der Waals surface area contributed by atoms with Gasteiger partial charge in [-0.1, -0.05) is 54.6 Å². The highest BCUT2D eigenvalue weighted by molar-refractivity contribution is 5.86. The highest BCUT2D eigenvalue weighted by atomic mass is 16.3. The van der Waals surface area contributed by atoms with E-state index in [1.165, 1.54) is 16.3 Å². The van der Waals surface area contributed by atoms with Crippen molar-refractivity contribution in [3.63, 3.8) is 0 Å². The van der Waals surface area contributed by atoms with E-state index in [2.05, 4.69) is 60.0 Å². The molecule has 0 fully saturated rings. The van der Waals surface area contributed by atoms with Crippen LogP contribution in [0.3, 0.4) is 0 Å². The Morgan fingerprint density at radius 1 is 1.20 bits per heavy atom. The number of carbonyl (C=O) groups excluding carboxylic acids is 1. The average Bonchev–Trinajstić information content (AvgIpc) is 2.62. The molecule has 0 spiro atoms. The number of fused-ring (bicyclic) bond motifs is 1. The van der Waals surface area contributed by atoms with Gasteiger partial charge in [0.1, 0.15) is 0 Å². The molecule has 0 aliphatic heterocycles. The van der Waals surface area contributed by atoms with E-state index in [-0.39, 0.29) is 25.1 Å². The lowest BCUT2D eigenvalue weighted by molar-refractivity contribution is -0.127. The molecule has 0 saturated carbocycles. The zero-order valence-corrected chi connectivity index (χ0v) is 15.3. The predicted octanol–water partition coefficient (Wildman–Crippen LogP) is 3.18. The number of rotatable bonds is 8. The number of aliphatic hydroxyl groups is 1. The van der Waals surface area contributed by atoms with Crippen LogP contribution < -0.4 is 10.6 Å². The van der Waals surface area contributed by atoms with Gasteiger partial charge in [-0.25, -0.2) is 0 Å². The van der Waals surface area contributed by atoms with Crippen LogP contribution >= 0.6 is 0 Å². The zero-order chi connectivity index (χ0) is 18.3. The molecule has 0 aliphatic rings. The smallest absolute Gasteiger partial charge is 0.229 e. The van der Waals surface area contributed by atoms with Gasteiger partial charge < -0.3 is 15.7 Å². The van der Waals surface area contributed by atoms with Crippen molar-refractivity contribution < 1.29 is 9.90 Å². The molecular weight excluding hydrogens is 312 g/mol. The van der Waals surface area contributed by atoms with Crippen molar-refractivity contribution in [3.8, 4) is 0 Å². The Hall–Kier alpha value is -2.17. The predicted molar refractivity (Wildman–Crippen MR) is 103 cm³/mol. The average molecular weight is 340 g/mol. The van der Waals surface area contributed by atoms with Crippen molar-refractivity contribution in [2.45, 2.75) is 26.8 Å². The van der Waals surface area contributed by atoms with Gasteiger partial charge in [0.05, 0.1) is 12.0 Å². The van der Waals surface area contributed by atoms with Crippen LogP contribution in [0.2, 0.25) is 0 Å². The largest absolute Gasteiger partial charge is 0.395 e. The topological polar surface area (TPSA) is 61.4 Å². The molecule has 0 heterocycles. The minimum absolute atomic E-state index is 0.0460. The molecule has 3 N–H and O–H groups in total. The Morgan fingerprint density at radius 3 is 2.68 bits per heavy atom. The minimum Gasteiger partial charge on any atom is -0.395 e. The van der Waals surface area contributed by atoms with Crippen molar-refractivity contribution in [3.05, 3.63) is 60.2 Å². The fourth-order valence-corrected chi connectivity index (χ4v) is 2.81. The lowest BCUT2D eigenvalue weighted by atomic mass is 9.91. The molecular formula is C21H28N2O2. The Labute approximate surface area is 149 Å². The molecule has 25 heavy (non-hydrogen) atoms. The van der Waals surface area contributed by atoms with Crippen molar-refractivity contribution in [2.75, 3.05) is 19.7 Å². The van der Waals surface area contributed by atoms with Crippen molar-refractivity contribution >= 4 is 16.7 Å². The second-order valence-corrected chi connectivity index (χ2v) is 6.80. The molecule has 2 rings (SSSR count). The minimum atomic E-state index is -0.598. The third-order valence-corrected chi connectivity index (χ3v) is 4.35. The standard InChI is InChI=1S/C21H28N2O2/c1-16(18-11-6-9-17-8-4-5-10-19(17)18)22-13-7-12-21(2,3)20(25)23-14-15-24/h4-12,16,22,24H,13-15H2,1-3H3,(H,23,25)/b12-7+/t16-/m1/s1. The second-order valence-electron chi connectivity index (χ2n) is 6.80. The molecule has 0 saturated heterocycles. The van der Waals surface area contributed by atoms with Crippen LogP contribution in [0.25, 0.3) is 10.8 Å². The number of nitrogens with one attached hydrogen (secondary N) is 2. The van der Waals surface area contributed by atoms with E-state index in [4.69, 9.17) is 5.11 Å². The van der Waals surface area contributed by atoms with Crippen molar-refractivity contribution in [2.24, 2.45) is 5.41 Å². The Bertz CT molecular complexity index is 732. The molecule has 0 aliphatic carbocycles. The molecule has 4 nitrogen and oxygen atoms in total. The van der Waals surface area contributed by atoms with Crippen LogP contribution in [0.4, 0.5) is 0 Å². The third-order valence-electron chi connectivity index (χ3n) is 4.35. The van der Waals surface area contributed by atoms with Gasteiger partial charge in [0.15, 0.2) is 0 Å². The van der Waals surface area contributed by atoms with E-state index in [0.29, 0.717) is 6.54 Å². The zero-order valence-electron chi connectivity index (χ0n) is 15.3. The fraction of sp³-hybridized carbons (Fsp3) is 0.381. The van der Waals surface area contributed by atoms with Gasteiger partial charge >= 0.3 is 0 Å². The van der Waals surface area contributed by atoms with Gasteiger partial charge in [0.2, 0.25) is 5.91 Å². The van der Waals surface area contributed by atoms with Crippen LogP contribution in [0.5, 0.6) is 0 Å². The summed E-state index contributed by atoms with van der Waals surface area (Å²) in [5.41, 5.74) is 0.672. The third kappa shape index (κ3) is 5.15. The summed E-state index contributed by atoms with van der Waals surface area (Å²) in [6.45, 7) is 6.80. The Kier molecular flexibility index (Phi) is 6.73. The maximum atomic E-state index is 12.0. The first kappa shape index (κ1) is 19.2. The fourth-order valence-electron chi connectivity index (χ4n) is 2.81. The molecule has 134 valence electrons. The summed E-state index contributed by atoms with van der Waals surface area (Å²) in [6, 6.07) is 15.0. The summed E-state index contributed by atoms with van der Waals surface area (Å²) in [4.78, 5) is 12.0. The van der Waals surface area contributed by atoms with E-state index >= 15 is 0 Å². The molecule has 0 aromatic heterocycles. The van der Waals surface area contributed by atoms with E-state index in [1.54, 1.807) is 0 Å². The first-order valence-corrected chi connectivity index (χ1v) is 8.73.